The largest absolute Gasteiger partial charge is 0.394 e. The molecule has 0 aromatic heterocycles. The molecule has 2 unspecified atom stereocenters. The zero-order valence-corrected chi connectivity index (χ0v) is 29.7. The number of nitrogens with one attached hydrogen (secondary N) is 1. The van der Waals surface area contributed by atoms with Gasteiger partial charge in [0.1, 0.15) is 54.9 Å². The molecule has 15 atom stereocenters. The van der Waals surface area contributed by atoms with Crippen LogP contribution in [0.25, 0.3) is 0 Å². The van der Waals surface area contributed by atoms with Crippen LogP contribution in [0.3, 0.4) is 0 Å². The van der Waals surface area contributed by atoms with Gasteiger partial charge in [-0.2, -0.15) is 0 Å². The van der Waals surface area contributed by atoms with Gasteiger partial charge in [0, 0.05) is 0 Å². The minimum Gasteiger partial charge on any atom is -0.394 e. The Morgan fingerprint density at radius 3 is 1.52 bits per heavy atom. The van der Waals surface area contributed by atoms with Crippen molar-refractivity contribution >= 4 is 0 Å². The van der Waals surface area contributed by atoms with Crippen LogP contribution in [-0.4, -0.2) is 159 Å². The molecular weight excluding hydrogens is 658 g/mol. The molecule has 50 heavy (non-hydrogen) atoms. The van der Waals surface area contributed by atoms with Gasteiger partial charge in [-0.1, -0.05) is 90.4 Å². The zero-order valence-electron chi connectivity index (χ0n) is 29.7. The number of nitrogens with two attached hydrogens (primary N) is 2. The van der Waals surface area contributed by atoms with Gasteiger partial charge in [-0.05, 0) is 13.0 Å². The van der Waals surface area contributed by atoms with Crippen LogP contribution >= 0.6 is 0 Å². The Balaban J connectivity index is 1.58. The third kappa shape index (κ3) is 12.5. The predicted octanol–water partition coefficient (Wildman–Crippen LogP) is -1.56. The second-order valence-electron chi connectivity index (χ2n) is 14.1. The Kier molecular flexibility index (Phi) is 20.3. The molecule has 0 amide bonds. The van der Waals surface area contributed by atoms with Crippen LogP contribution in [0.15, 0.2) is 0 Å². The van der Waals surface area contributed by atoms with Crippen molar-refractivity contribution in [3.8, 4) is 0 Å². The first-order chi connectivity index (χ1) is 24.1. The lowest BCUT2D eigenvalue weighted by molar-refractivity contribution is -0.350. The predicted molar refractivity (Wildman–Crippen MR) is 181 cm³/mol. The van der Waals surface area contributed by atoms with Crippen molar-refractivity contribution in [1.29, 1.82) is 0 Å². The average Bonchev–Trinajstić information content (AvgIpc) is 3.11. The smallest absolute Gasteiger partial charge is 0.176 e. The van der Waals surface area contributed by atoms with Crippen molar-refractivity contribution in [2.45, 2.75) is 189 Å². The van der Waals surface area contributed by atoms with Crippen molar-refractivity contribution in [3.05, 3.63) is 0 Å². The minimum atomic E-state index is -1.55. The number of ether oxygens (including phenoxy) is 5. The van der Waals surface area contributed by atoms with Crippen LogP contribution in [0.4, 0.5) is 0 Å². The van der Waals surface area contributed by atoms with Crippen molar-refractivity contribution in [2.24, 2.45) is 11.5 Å². The van der Waals surface area contributed by atoms with Crippen LogP contribution in [0.5, 0.6) is 0 Å². The Morgan fingerprint density at radius 2 is 0.980 bits per heavy atom. The molecule has 0 aromatic carbocycles. The second kappa shape index (κ2) is 23.2. The summed E-state index contributed by atoms with van der Waals surface area (Å²) in [6, 6.07) is -3.53. The quantitative estimate of drug-likeness (QED) is 0.0532. The fourth-order valence-corrected chi connectivity index (χ4v) is 6.96. The molecule has 16 heteroatoms. The van der Waals surface area contributed by atoms with E-state index in [4.69, 9.17) is 35.2 Å². The SMILES string of the molecule is CCCCCCCCCCCCCCCCN[C@H]1[C@H](OC2[C@@H](CO)O[C@@H](O)[C@H](N)[C@H]2O)O[C@H](CO)C(O[C@@H]2O[C@H](CO)[C@@H](O)[C@H](O)[C@H]2N)[C@@H]1O. The van der Waals surface area contributed by atoms with Crippen molar-refractivity contribution in [1.82, 2.24) is 5.32 Å². The number of rotatable bonds is 23. The highest BCUT2D eigenvalue weighted by Gasteiger charge is 2.53. The number of hydrogen-bond acceptors (Lipinski definition) is 16. The maximum atomic E-state index is 11.7. The summed E-state index contributed by atoms with van der Waals surface area (Å²) in [7, 11) is 0. The van der Waals surface area contributed by atoms with Crippen LogP contribution in [0.1, 0.15) is 96.8 Å². The fraction of sp³-hybridized carbons (Fsp3) is 1.00. The molecule has 3 saturated heterocycles. The monoisotopic (exact) mass is 725 g/mol. The molecule has 0 aliphatic carbocycles. The first-order valence-electron chi connectivity index (χ1n) is 18.8. The van der Waals surface area contributed by atoms with E-state index in [2.05, 4.69) is 12.2 Å². The van der Waals surface area contributed by atoms with E-state index in [-0.39, 0.29) is 0 Å². The molecule has 0 bridgehead atoms. The Morgan fingerprint density at radius 1 is 0.520 bits per heavy atom. The molecular formula is C34H67N3O13. The van der Waals surface area contributed by atoms with E-state index < -0.39 is 112 Å². The molecule has 296 valence electrons. The maximum absolute atomic E-state index is 11.7. The Labute approximate surface area is 296 Å². The van der Waals surface area contributed by atoms with Crippen molar-refractivity contribution in [2.75, 3.05) is 26.4 Å². The van der Waals surface area contributed by atoms with E-state index in [1.807, 2.05) is 0 Å². The number of aliphatic hydroxyl groups is 8. The topological polar surface area (TPSA) is 272 Å². The molecule has 16 nitrogen and oxygen atoms in total. The van der Waals surface area contributed by atoms with Gasteiger partial charge in [-0.3, -0.25) is 0 Å². The maximum Gasteiger partial charge on any atom is 0.176 e. The summed E-state index contributed by atoms with van der Waals surface area (Å²) in [5, 5.41) is 86.2. The molecule has 0 spiro atoms. The minimum absolute atomic E-state index is 0.446. The summed E-state index contributed by atoms with van der Waals surface area (Å²) in [4.78, 5) is 0. The lowest BCUT2D eigenvalue weighted by Gasteiger charge is -2.49. The summed E-state index contributed by atoms with van der Waals surface area (Å²) in [6.07, 6.45) is 0.562. The van der Waals surface area contributed by atoms with E-state index in [0.29, 0.717) is 6.54 Å². The fourth-order valence-electron chi connectivity index (χ4n) is 6.96. The highest BCUT2D eigenvalue weighted by Crippen LogP contribution is 2.32. The lowest BCUT2D eigenvalue weighted by Crippen LogP contribution is -2.70. The van der Waals surface area contributed by atoms with Crippen LogP contribution in [0.2, 0.25) is 0 Å². The lowest BCUT2D eigenvalue weighted by atomic mass is 9.94. The first-order valence-corrected chi connectivity index (χ1v) is 18.8. The molecule has 3 fully saturated rings. The zero-order chi connectivity index (χ0) is 36.6. The molecule has 13 N–H and O–H groups in total. The van der Waals surface area contributed by atoms with Crippen LogP contribution in [0, 0.1) is 0 Å². The summed E-state index contributed by atoms with van der Waals surface area (Å²) >= 11 is 0. The van der Waals surface area contributed by atoms with Gasteiger partial charge in [0.2, 0.25) is 0 Å². The van der Waals surface area contributed by atoms with Gasteiger partial charge in [0.05, 0.1) is 37.9 Å². The molecule has 3 aliphatic heterocycles. The first kappa shape index (κ1) is 43.8. The van der Waals surface area contributed by atoms with Gasteiger partial charge in [-0.25, -0.2) is 0 Å². The van der Waals surface area contributed by atoms with Gasteiger partial charge < -0.3 is 81.3 Å². The summed E-state index contributed by atoms with van der Waals surface area (Å²) < 4.78 is 29.0. The number of aliphatic hydroxyl groups excluding tert-OH is 8. The van der Waals surface area contributed by atoms with Gasteiger partial charge in [-0.15, -0.1) is 0 Å². The van der Waals surface area contributed by atoms with Crippen molar-refractivity contribution < 1.29 is 64.5 Å². The second-order valence-corrected chi connectivity index (χ2v) is 14.1. The molecule has 3 aliphatic rings. The third-order valence-electron chi connectivity index (χ3n) is 10.2. The van der Waals surface area contributed by atoms with Crippen molar-refractivity contribution in [3.63, 3.8) is 0 Å². The normalized spacial score (nSPS) is 39.5. The molecule has 3 rings (SSSR count). The Hall–Kier alpha value is -0.640. The van der Waals surface area contributed by atoms with Crippen LogP contribution < -0.4 is 16.8 Å². The molecule has 0 radical (unpaired) electrons. The molecule has 3 heterocycles. The summed E-state index contributed by atoms with van der Waals surface area (Å²) in [5.41, 5.74) is 12.0. The van der Waals surface area contributed by atoms with E-state index in [1.54, 1.807) is 0 Å². The highest BCUT2D eigenvalue weighted by atomic mass is 16.7. The highest BCUT2D eigenvalue weighted by molar-refractivity contribution is 4.99. The Bertz CT molecular complexity index is 895. The number of hydrogen-bond donors (Lipinski definition) is 11. The van der Waals surface area contributed by atoms with Crippen LogP contribution in [-0.2, 0) is 23.7 Å². The van der Waals surface area contributed by atoms with E-state index in [9.17, 15) is 40.9 Å². The summed E-state index contributed by atoms with van der Waals surface area (Å²) in [5.74, 6) is 0. The van der Waals surface area contributed by atoms with E-state index in [1.165, 1.54) is 64.2 Å². The molecule has 0 aromatic rings. The standard InChI is InChI=1S/C34H67N3O13/c1-2-3-4-5-6-7-8-9-10-11-12-13-14-15-16-37-25-29(44)31(49-33-24(36)27(42)26(41)20(17-38)47-33)22(19-40)48-34(25)50-30-21(18-39)46-32(45)23(35)28(30)43/h20-34,37-45H,2-19,35-36H2,1H3/t20-,21-,22-,23-,24-,25-,26-,27-,28-,29-,30?,31?,32-,33+,34+/m1/s1. The summed E-state index contributed by atoms with van der Waals surface area (Å²) in [6.45, 7) is 0.769. The van der Waals surface area contributed by atoms with Gasteiger partial charge in [0.25, 0.3) is 0 Å². The van der Waals surface area contributed by atoms with Gasteiger partial charge in [0.15, 0.2) is 18.9 Å². The average molecular weight is 726 g/mol. The number of unbranched alkanes of at least 4 members (excludes halogenated alkanes) is 13. The third-order valence-corrected chi connectivity index (χ3v) is 10.2. The van der Waals surface area contributed by atoms with E-state index in [0.717, 1.165) is 25.7 Å². The van der Waals surface area contributed by atoms with E-state index >= 15 is 0 Å². The molecule has 0 saturated carbocycles. The van der Waals surface area contributed by atoms with Gasteiger partial charge >= 0.3 is 0 Å².